The number of anilines is 2. The van der Waals surface area contributed by atoms with Crippen molar-refractivity contribution >= 4 is 23.6 Å². The summed E-state index contributed by atoms with van der Waals surface area (Å²) in [5.41, 5.74) is 4.73. The Kier molecular flexibility index (Phi) is 9.17. The lowest BCUT2D eigenvalue weighted by Gasteiger charge is -2.31. The zero-order valence-corrected chi connectivity index (χ0v) is 24.7. The molecule has 0 saturated carbocycles. The molecule has 1 aliphatic rings. The maximum absolute atomic E-state index is 12.9. The molecule has 1 aliphatic heterocycles. The summed E-state index contributed by atoms with van der Waals surface area (Å²) in [5.74, 6) is 1.48. The van der Waals surface area contributed by atoms with Crippen molar-refractivity contribution in [2.75, 3.05) is 30.3 Å². The number of amides is 3. The van der Waals surface area contributed by atoms with Gasteiger partial charge in [0.2, 0.25) is 0 Å². The molecule has 4 rings (SSSR count). The molecular formula is C32H43N5O3. The third kappa shape index (κ3) is 7.87. The van der Waals surface area contributed by atoms with Crippen molar-refractivity contribution in [3.05, 3.63) is 71.4 Å². The van der Waals surface area contributed by atoms with Crippen molar-refractivity contribution in [2.24, 2.45) is 11.8 Å². The van der Waals surface area contributed by atoms with Crippen molar-refractivity contribution in [1.29, 1.82) is 0 Å². The van der Waals surface area contributed by atoms with Crippen molar-refractivity contribution in [2.45, 2.75) is 66.2 Å². The summed E-state index contributed by atoms with van der Waals surface area (Å²) in [6.07, 6.45) is 2.68. The van der Waals surface area contributed by atoms with E-state index >= 15 is 0 Å². The molecule has 0 bridgehead atoms. The number of hydrogen-bond acceptors (Lipinski definition) is 4. The average molecular weight is 546 g/mol. The maximum atomic E-state index is 12.9. The van der Waals surface area contributed by atoms with Crippen LogP contribution in [0.15, 0.2) is 54.6 Å². The highest BCUT2D eigenvalue weighted by Gasteiger charge is 2.24. The Bertz CT molecular complexity index is 1280. The monoisotopic (exact) mass is 545 g/mol. The number of piperidine rings is 1. The van der Waals surface area contributed by atoms with Crippen LogP contribution in [0.2, 0.25) is 0 Å². The van der Waals surface area contributed by atoms with Gasteiger partial charge >= 0.3 is 12.1 Å². The SMILES string of the molecule is Cc1ccc(-n2nc(C(C)(C)C)cc2NC(=O)Nc2ccc(CC3CCN(C(=O)OCC(C)C)CC3)cc2)cc1. The highest BCUT2D eigenvalue weighted by atomic mass is 16.6. The molecule has 40 heavy (non-hydrogen) atoms. The minimum atomic E-state index is -0.321. The van der Waals surface area contributed by atoms with Gasteiger partial charge in [-0.25, -0.2) is 14.3 Å². The number of carbonyl (C=O) groups excluding carboxylic acids is 2. The number of likely N-dealkylation sites (tertiary alicyclic amines) is 1. The first kappa shape index (κ1) is 29.2. The van der Waals surface area contributed by atoms with Gasteiger partial charge in [0.05, 0.1) is 18.0 Å². The standard InChI is InChI=1S/C32H43N5O3/c1-22(2)21-40-31(39)36-17-15-25(16-18-36)19-24-9-11-26(12-10-24)33-30(38)34-29-20-28(32(4,5)6)35-37(29)27-13-7-23(3)8-14-27/h7-14,20,22,25H,15-19,21H2,1-6H3,(H2,33,34,38). The van der Waals surface area contributed by atoms with E-state index in [4.69, 9.17) is 9.84 Å². The minimum Gasteiger partial charge on any atom is -0.449 e. The molecule has 2 aromatic carbocycles. The van der Waals surface area contributed by atoms with Crippen LogP contribution in [0.5, 0.6) is 0 Å². The van der Waals surface area contributed by atoms with Crippen LogP contribution in [0.1, 0.15) is 64.3 Å². The fraction of sp³-hybridized carbons (Fsp3) is 0.469. The molecule has 3 aromatic rings. The second kappa shape index (κ2) is 12.6. The molecule has 0 unspecified atom stereocenters. The van der Waals surface area contributed by atoms with Crippen LogP contribution in [0.4, 0.5) is 21.1 Å². The molecule has 3 amide bonds. The summed E-state index contributed by atoms with van der Waals surface area (Å²) in [6, 6.07) is 17.7. The lowest BCUT2D eigenvalue weighted by molar-refractivity contribution is 0.0790. The molecule has 8 heteroatoms. The highest BCUT2D eigenvalue weighted by Crippen LogP contribution is 2.27. The molecule has 1 saturated heterocycles. The minimum absolute atomic E-state index is 0.160. The van der Waals surface area contributed by atoms with Gasteiger partial charge in [-0.1, -0.05) is 64.4 Å². The third-order valence-corrected chi connectivity index (χ3v) is 7.15. The first-order valence-electron chi connectivity index (χ1n) is 14.2. The zero-order valence-electron chi connectivity index (χ0n) is 24.7. The molecule has 8 nitrogen and oxygen atoms in total. The smallest absolute Gasteiger partial charge is 0.409 e. The van der Waals surface area contributed by atoms with Crippen LogP contribution in [0.3, 0.4) is 0 Å². The normalized spacial score (nSPS) is 14.3. The number of aromatic nitrogens is 2. The number of hydrogen-bond donors (Lipinski definition) is 2. The molecule has 2 heterocycles. The van der Waals surface area contributed by atoms with Gasteiger partial charge in [0.25, 0.3) is 0 Å². The van der Waals surface area contributed by atoms with E-state index in [0.717, 1.165) is 55.0 Å². The van der Waals surface area contributed by atoms with E-state index in [9.17, 15) is 9.59 Å². The number of nitrogens with zero attached hydrogens (tertiary/aromatic N) is 3. The van der Waals surface area contributed by atoms with Crippen molar-refractivity contribution in [3.63, 3.8) is 0 Å². The Morgan fingerprint density at radius 2 is 1.65 bits per heavy atom. The van der Waals surface area contributed by atoms with E-state index in [1.54, 1.807) is 4.68 Å². The number of rotatable bonds is 7. The third-order valence-electron chi connectivity index (χ3n) is 7.15. The predicted molar refractivity (Wildman–Crippen MR) is 160 cm³/mol. The summed E-state index contributed by atoms with van der Waals surface area (Å²) in [4.78, 5) is 27.0. The van der Waals surface area contributed by atoms with Gasteiger partial charge in [-0.15, -0.1) is 0 Å². The van der Waals surface area contributed by atoms with Crippen molar-refractivity contribution in [3.8, 4) is 5.69 Å². The Morgan fingerprint density at radius 3 is 2.25 bits per heavy atom. The van der Waals surface area contributed by atoms with E-state index in [1.165, 1.54) is 5.56 Å². The van der Waals surface area contributed by atoms with E-state index in [2.05, 4.69) is 43.5 Å². The van der Waals surface area contributed by atoms with Gasteiger partial charge in [-0.2, -0.15) is 5.10 Å². The van der Waals surface area contributed by atoms with Gasteiger partial charge in [-0.3, -0.25) is 5.32 Å². The Labute approximate surface area is 238 Å². The molecule has 1 aromatic heterocycles. The summed E-state index contributed by atoms with van der Waals surface area (Å²) in [5, 5.41) is 10.7. The fourth-order valence-electron chi connectivity index (χ4n) is 4.70. The predicted octanol–water partition coefficient (Wildman–Crippen LogP) is 7.17. The van der Waals surface area contributed by atoms with Crippen LogP contribution in [-0.4, -0.2) is 46.5 Å². The lowest BCUT2D eigenvalue weighted by Crippen LogP contribution is -2.39. The van der Waals surface area contributed by atoms with E-state index < -0.39 is 0 Å². The Morgan fingerprint density at radius 1 is 1.00 bits per heavy atom. The number of benzene rings is 2. The first-order valence-corrected chi connectivity index (χ1v) is 14.2. The number of urea groups is 1. The molecule has 0 spiro atoms. The van der Waals surface area contributed by atoms with E-state index in [0.29, 0.717) is 24.3 Å². The molecule has 0 atom stereocenters. The number of nitrogens with one attached hydrogen (secondary N) is 2. The maximum Gasteiger partial charge on any atom is 0.409 e. The summed E-state index contributed by atoms with van der Waals surface area (Å²) >= 11 is 0. The van der Waals surface area contributed by atoms with E-state index in [1.807, 2.05) is 68.1 Å². The van der Waals surface area contributed by atoms with Crippen LogP contribution in [-0.2, 0) is 16.6 Å². The van der Waals surface area contributed by atoms with Crippen LogP contribution in [0.25, 0.3) is 5.69 Å². The van der Waals surface area contributed by atoms with E-state index in [-0.39, 0.29) is 17.5 Å². The Balaban J connectivity index is 1.32. The highest BCUT2D eigenvalue weighted by molar-refractivity contribution is 5.99. The number of ether oxygens (including phenoxy) is 1. The molecule has 214 valence electrons. The molecule has 2 N–H and O–H groups in total. The van der Waals surface area contributed by atoms with Crippen LogP contribution >= 0.6 is 0 Å². The number of carbonyl (C=O) groups is 2. The molecule has 0 radical (unpaired) electrons. The first-order chi connectivity index (χ1) is 19.0. The van der Waals surface area contributed by atoms with Crippen LogP contribution in [0, 0.1) is 18.8 Å². The molecular weight excluding hydrogens is 502 g/mol. The van der Waals surface area contributed by atoms with Gasteiger partial charge in [0, 0.05) is 30.3 Å². The largest absolute Gasteiger partial charge is 0.449 e. The van der Waals surface area contributed by atoms with Crippen molar-refractivity contribution < 1.29 is 14.3 Å². The summed E-state index contributed by atoms with van der Waals surface area (Å²) < 4.78 is 7.15. The van der Waals surface area contributed by atoms with Gasteiger partial charge in [0.15, 0.2) is 0 Å². The topological polar surface area (TPSA) is 88.5 Å². The summed E-state index contributed by atoms with van der Waals surface area (Å²) in [6.45, 7) is 14.4. The zero-order chi connectivity index (χ0) is 28.9. The molecule has 1 fully saturated rings. The second-order valence-corrected chi connectivity index (χ2v) is 12.3. The summed E-state index contributed by atoms with van der Waals surface area (Å²) in [7, 11) is 0. The lowest BCUT2D eigenvalue weighted by atomic mass is 9.90. The fourth-order valence-corrected chi connectivity index (χ4v) is 4.70. The average Bonchev–Trinajstić information content (AvgIpc) is 3.33. The van der Waals surface area contributed by atoms with Crippen LogP contribution < -0.4 is 10.6 Å². The van der Waals surface area contributed by atoms with Gasteiger partial charge in [-0.05, 0) is 67.9 Å². The second-order valence-electron chi connectivity index (χ2n) is 12.3. The quantitative estimate of drug-likeness (QED) is 0.329. The number of aryl methyl sites for hydroxylation is 1. The van der Waals surface area contributed by atoms with Gasteiger partial charge in [0.1, 0.15) is 5.82 Å². The Hall–Kier alpha value is -3.81. The molecule has 0 aliphatic carbocycles. The van der Waals surface area contributed by atoms with Gasteiger partial charge < -0.3 is 15.0 Å². The van der Waals surface area contributed by atoms with Crippen molar-refractivity contribution in [1.82, 2.24) is 14.7 Å².